The molecule has 0 spiro atoms. The standard InChI is InChI=1S/C15H15F2N3O2.ClH/c1-7-11-13-12(8(16)6-10(22)14(13)17)9(4-2-3-5-21)18-15(11)20-19-7;/h6,21H,2-5H2,1H3,(H2,18,19,20);1H. The highest BCUT2D eigenvalue weighted by Gasteiger charge is 2.20. The number of unbranched alkanes of at least 4 members (excludes halogenated alkanes) is 1. The molecule has 1 aromatic carbocycles. The summed E-state index contributed by atoms with van der Waals surface area (Å²) in [5.74, 6) is -1.74. The largest absolute Gasteiger partial charge is 0.396 e. The number of hydrogen-bond donors (Lipinski definition) is 3. The Hall–Kier alpha value is -1.99. The molecular formula is C15H16ClF2N3O2. The Labute approximate surface area is 136 Å². The summed E-state index contributed by atoms with van der Waals surface area (Å²) in [5, 5.41) is 14.9. The molecule has 2 heterocycles. The van der Waals surface area contributed by atoms with Crippen LogP contribution in [0.5, 0.6) is 0 Å². The summed E-state index contributed by atoms with van der Waals surface area (Å²) in [4.78, 5) is 16.0. The van der Waals surface area contributed by atoms with E-state index in [9.17, 15) is 13.6 Å². The van der Waals surface area contributed by atoms with Gasteiger partial charge in [0.1, 0.15) is 5.82 Å². The Morgan fingerprint density at radius 2 is 1.91 bits per heavy atom. The van der Waals surface area contributed by atoms with Crippen molar-refractivity contribution >= 4 is 34.2 Å². The molecule has 5 nitrogen and oxygen atoms in total. The number of halogens is 3. The maximum atomic E-state index is 14.4. The highest BCUT2D eigenvalue weighted by Crippen LogP contribution is 2.30. The quantitative estimate of drug-likeness (QED) is 0.637. The Morgan fingerprint density at radius 1 is 1.17 bits per heavy atom. The molecule has 0 unspecified atom stereocenters. The Balaban J connectivity index is 0.00000192. The average Bonchev–Trinajstić information content (AvgIpc) is 2.85. The van der Waals surface area contributed by atoms with E-state index in [2.05, 4.69) is 15.2 Å². The molecule has 0 radical (unpaired) electrons. The van der Waals surface area contributed by atoms with Crippen LogP contribution < -0.4 is 5.43 Å². The molecule has 0 fully saturated rings. The van der Waals surface area contributed by atoms with Crippen LogP contribution in [0, 0.1) is 18.6 Å². The van der Waals surface area contributed by atoms with Crippen molar-refractivity contribution in [2.24, 2.45) is 0 Å². The van der Waals surface area contributed by atoms with E-state index < -0.39 is 17.1 Å². The summed E-state index contributed by atoms with van der Waals surface area (Å²) >= 11 is 0. The molecule has 0 aliphatic carbocycles. The van der Waals surface area contributed by atoms with Gasteiger partial charge in [-0.05, 0) is 26.2 Å². The number of H-pyrrole nitrogens is 2. The van der Waals surface area contributed by atoms with Crippen LogP contribution in [-0.4, -0.2) is 26.9 Å². The molecule has 0 saturated heterocycles. The Bertz CT molecular complexity index is 921. The van der Waals surface area contributed by atoms with Crippen LogP contribution in [0.25, 0.3) is 21.8 Å². The van der Waals surface area contributed by atoms with Crippen molar-refractivity contribution < 1.29 is 13.9 Å². The predicted molar refractivity (Wildman–Crippen MR) is 86.1 cm³/mol. The summed E-state index contributed by atoms with van der Waals surface area (Å²) < 4.78 is 28.6. The van der Waals surface area contributed by atoms with Crippen LogP contribution in [0.3, 0.4) is 0 Å². The predicted octanol–water partition coefficient (Wildman–Crippen LogP) is 2.73. The molecule has 0 aliphatic heterocycles. The number of rotatable bonds is 4. The molecule has 0 amide bonds. The smallest absolute Gasteiger partial charge is 0.217 e. The summed E-state index contributed by atoms with van der Waals surface area (Å²) in [6.07, 6.45) is 1.52. The van der Waals surface area contributed by atoms with Crippen molar-refractivity contribution in [3.63, 3.8) is 0 Å². The van der Waals surface area contributed by atoms with Crippen molar-refractivity contribution in [3.8, 4) is 0 Å². The van der Waals surface area contributed by atoms with Gasteiger partial charge in [-0.3, -0.25) is 9.89 Å². The maximum absolute atomic E-state index is 14.4. The van der Waals surface area contributed by atoms with Crippen molar-refractivity contribution in [1.82, 2.24) is 15.2 Å². The van der Waals surface area contributed by atoms with Crippen LogP contribution in [-0.2, 0) is 6.42 Å². The van der Waals surface area contributed by atoms with Gasteiger partial charge < -0.3 is 10.2 Å². The fourth-order valence-corrected chi connectivity index (χ4v) is 2.74. The van der Waals surface area contributed by atoms with E-state index in [-0.39, 0.29) is 29.8 Å². The highest BCUT2D eigenvalue weighted by molar-refractivity contribution is 6.07. The van der Waals surface area contributed by atoms with E-state index in [0.717, 1.165) is 0 Å². The zero-order valence-electron chi connectivity index (χ0n) is 12.4. The molecule has 2 aromatic heterocycles. The number of aryl methyl sites for hydroxylation is 2. The molecule has 8 heteroatoms. The Kier molecular flexibility index (Phi) is 5.01. The second kappa shape index (κ2) is 6.64. The SMILES string of the molecule is Cc1[nH][nH]c2nc(CCCCO)c3c(F)cc(=O)c(F)c3c12.Cl. The van der Waals surface area contributed by atoms with Gasteiger partial charge in [-0.25, -0.2) is 13.8 Å². The van der Waals surface area contributed by atoms with Crippen molar-refractivity contribution in [3.05, 3.63) is 39.3 Å². The summed E-state index contributed by atoms with van der Waals surface area (Å²) in [5.41, 5.74) is 0.369. The minimum absolute atomic E-state index is 0. The minimum Gasteiger partial charge on any atom is -0.396 e. The van der Waals surface area contributed by atoms with Crippen molar-refractivity contribution in [2.75, 3.05) is 6.61 Å². The number of aliphatic hydroxyl groups is 1. The zero-order chi connectivity index (χ0) is 15.9. The van der Waals surface area contributed by atoms with Gasteiger partial charge in [0.05, 0.1) is 11.1 Å². The van der Waals surface area contributed by atoms with Gasteiger partial charge in [-0.2, -0.15) is 0 Å². The van der Waals surface area contributed by atoms with E-state index in [4.69, 9.17) is 5.11 Å². The van der Waals surface area contributed by atoms with Gasteiger partial charge in [0.15, 0.2) is 11.5 Å². The molecule has 3 N–H and O–H groups in total. The lowest BCUT2D eigenvalue weighted by molar-refractivity contribution is 0.284. The average molecular weight is 344 g/mol. The number of aliphatic hydroxyl groups excluding tert-OH is 1. The number of aromatic amines is 2. The van der Waals surface area contributed by atoms with Gasteiger partial charge in [0.2, 0.25) is 5.43 Å². The van der Waals surface area contributed by atoms with Gasteiger partial charge in [0.25, 0.3) is 0 Å². The topological polar surface area (TPSA) is 81.8 Å². The molecule has 23 heavy (non-hydrogen) atoms. The number of aromatic nitrogens is 3. The first kappa shape index (κ1) is 17.4. The van der Waals surface area contributed by atoms with Crippen LogP contribution in [0.2, 0.25) is 0 Å². The molecule has 3 aromatic rings. The van der Waals surface area contributed by atoms with E-state index >= 15 is 0 Å². The first-order valence-corrected chi connectivity index (χ1v) is 7.03. The van der Waals surface area contributed by atoms with Crippen LogP contribution in [0.15, 0.2) is 10.9 Å². The van der Waals surface area contributed by atoms with Crippen LogP contribution in [0.1, 0.15) is 24.2 Å². The molecule has 0 bridgehead atoms. The molecule has 0 atom stereocenters. The summed E-state index contributed by atoms with van der Waals surface area (Å²) in [6.45, 7) is 1.72. The second-order valence-corrected chi connectivity index (χ2v) is 5.26. The maximum Gasteiger partial charge on any atom is 0.217 e. The molecule has 0 saturated carbocycles. The number of nitrogens with one attached hydrogen (secondary N) is 2. The van der Waals surface area contributed by atoms with Crippen molar-refractivity contribution in [1.29, 1.82) is 0 Å². The third-order valence-electron chi connectivity index (χ3n) is 3.77. The third-order valence-corrected chi connectivity index (χ3v) is 3.77. The van der Waals surface area contributed by atoms with Crippen molar-refractivity contribution in [2.45, 2.75) is 26.2 Å². The number of hydrogen-bond acceptors (Lipinski definition) is 3. The lowest BCUT2D eigenvalue weighted by Gasteiger charge is -2.09. The molecule has 124 valence electrons. The van der Waals surface area contributed by atoms with Gasteiger partial charge in [-0.1, -0.05) is 0 Å². The molecular weight excluding hydrogens is 328 g/mol. The normalized spacial score (nSPS) is 11.1. The number of benzene rings is 1. The lowest BCUT2D eigenvalue weighted by atomic mass is 10.0. The van der Waals surface area contributed by atoms with E-state index in [0.29, 0.717) is 47.8 Å². The monoisotopic (exact) mass is 343 g/mol. The summed E-state index contributed by atoms with van der Waals surface area (Å²) in [7, 11) is 0. The van der Waals surface area contributed by atoms with Crippen LogP contribution in [0.4, 0.5) is 8.78 Å². The van der Waals surface area contributed by atoms with E-state index in [1.165, 1.54) is 0 Å². The van der Waals surface area contributed by atoms with Gasteiger partial charge >= 0.3 is 0 Å². The summed E-state index contributed by atoms with van der Waals surface area (Å²) in [6, 6.07) is 0.659. The van der Waals surface area contributed by atoms with Gasteiger partial charge in [-0.15, -0.1) is 12.4 Å². The first-order valence-electron chi connectivity index (χ1n) is 7.03. The zero-order valence-corrected chi connectivity index (χ0v) is 13.2. The van der Waals surface area contributed by atoms with E-state index in [1.54, 1.807) is 6.92 Å². The second-order valence-electron chi connectivity index (χ2n) is 5.26. The molecule has 3 rings (SSSR count). The first-order chi connectivity index (χ1) is 10.5. The fourth-order valence-electron chi connectivity index (χ4n) is 2.74. The number of pyridine rings is 1. The molecule has 0 aliphatic rings. The van der Waals surface area contributed by atoms with E-state index in [1.807, 2.05) is 0 Å². The van der Waals surface area contributed by atoms with Crippen LogP contribution >= 0.6 is 12.4 Å². The third kappa shape index (κ3) is 2.82. The highest BCUT2D eigenvalue weighted by atomic mass is 35.5. The van der Waals surface area contributed by atoms with Gasteiger partial charge in [0, 0.05) is 29.1 Å². The lowest BCUT2D eigenvalue weighted by Crippen LogP contribution is -2.09. The number of nitrogens with zero attached hydrogens (tertiary/aromatic N) is 1. The number of fused-ring (bicyclic) bond motifs is 3. The minimum atomic E-state index is -0.973. The fraction of sp³-hybridized carbons (Fsp3) is 0.333. The Morgan fingerprint density at radius 3 is 2.61 bits per heavy atom.